The predicted molar refractivity (Wildman–Crippen MR) is 132 cm³/mol. The maximum Gasteiger partial charge on any atom is 0.174 e. The lowest BCUT2D eigenvalue weighted by Gasteiger charge is -2.29. The molecule has 4 aromatic rings. The molecule has 0 spiro atoms. The number of aromatic nitrogens is 2. The van der Waals surface area contributed by atoms with Crippen molar-refractivity contribution in [2.45, 2.75) is 19.0 Å². The van der Waals surface area contributed by atoms with Crippen LogP contribution in [0.4, 0.5) is 5.69 Å². The van der Waals surface area contributed by atoms with Gasteiger partial charge in [0.1, 0.15) is 11.8 Å². The molecule has 1 aliphatic heterocycles. The monoisotopic (exact) mass is 460 g/mol. The van der Waals surface area contributed by atoms with Gasteiger partial charge in [-0.1, -0.05) is 29.8 Å². The molecule has 2 atom stereocenters. The second-order valence-corrected chi connectivity index (χ2v) is 8.59. The van der Waals surface area contributed by atoms with Crippen LogP contribution in [-0.4, -0.2) is 19.8 Å². The lowest BCUT2D eigenvalue weighted by molar-refractivity contribution is 0.472. The summed E-state index contributed by atoms with van der Waals surface area (Å²) in [5.74, 6) is 0.110. The van der Waals surface area contributed by atoms with Crippen LogP contribution in [0.3, 0.4) is 0 Å². The minimum absolute atomic E-state index is 0.110. The predicted octanol–water partition coefficient (Wildman–Crippen LogP) is 5.72. The van der Waals surface area contributed by atoms with E-state index in [0.717, 1.165) is 17.1 Å². The summed E-state index contributed by atoms with van der Waals surface area (Å²) in [6.07, 6.45) is 3.81. The Bertz CT molecular complexity index is 1290. The van der Waals surface area contributed by atoms with Crippen molar-refractivity contribution in [3.05, 3.63) is 107 Å². The van der Waals surface area contributed by atoms with Crippen molar-refractivity contribution in [3.63, 3.8) is 0 Å². The molecular formula is C25H21ClN4OS. The van der Waals surface area contributed by atoms with Gasteiger partial charge in [-0.2, -0.15) is 0 Å². The number of pyridine rings is 1. The average Bonchev–Trinajstić information content (AvgIpc) is 3.40. The second-order valence-electron chi connectivity index (χ2n) is 7.77. The van der Waals surface area contributed by atoms with Crippen molar-refractivity contribution in [1.29, 1.82) is 0 Å². The molecule has 5 rings (SSSR count). The van der Waals surface area contributed by atoms with Crippen LogP contribution in [0.1, 0.15) is 29.0 Å². The van der Waals surface area contributed by atoms with Crippen LogP contribution in [0.25, 0.3) is 5.69 Å². The van der Waals surface area contributed by atoms with Gasteiger partial charge in [0.15, 0.2) is 5.11 Å². The molecule has 0 saturated carbocycles. The maximum absolute atomic E-state index is 10.7. The summed E-state index contributed by atoms with van der Waals surface area (Å²) < 4.78 is 2.15. The van der Waals surface area contributed by atoms with Gasteiger partial charge in [0, 0.05) is 28.8 Å². The fraction of sp³-hybridized carbons (Fsp3) is 0.120. The number of hydrogen-bond donors (Lipinski definition) is 2. The Morgan fingerprint density at radius 2 is 1.91 bits per heavy atom. The number of aromatic hydroxyl groups is 1. The van der Waals surface area contributed by atoms with Crippen molar-refractivity contribution in [2.24, 2.45) is 0 Å². The molecule has 0 bridgehead atoms. The van der Waals surface area contributed by atoms with Gasteiger partial charge >= 0.3 is 0 Å². The molecule has 0 radical (unpaired) electrons. The standard InChI is InChI=1S/C25H21ClN4OS/c1-16-6-4-7-18(14-16)29-13-5-9-20(29)24-23(19-8-2-3-12-27-19)28-25(32)30(24)21-15-17(26)10-11-22(21)31/h2-15,23-24,31H,1H3,(H,28,32)/t23-,24+/m0/s1. The second kappa shape index (κ2) is 8.30. The molecule has 7 heteroatoms. The number of nitrogens with zero attached hydrogens (tertiary/aromatic N) is 3. The average molecular weight is 461 g/mol. The van der Waals surface area contributed by atoms with Crippen LogP contribution < -0.4 is 10.2 Å². The van der Waals surface area contributed by atoms with E-state index in [9.17, 15) is 5.11 Å². The summed E-state index contributed by atoms with van der Waals surface area (Å²) in [6, 6.07) is 22.8. The number of anilines is 1. The molecule has 0 aliphatic carbocycles. The number of aryl methyl sites for hydroxylation is 1. The molecule has 3 heterocycles. The van der Waals surface area contributed by atoms with Crippen molar-refractivity contribution >= 4 is 34.6 Å². The Hall–Kier alpha value is -3.35. The molecular weight excluding hydrogens is 440 g/mol. The van der Waals surface area contributed by atoms with E-state index in [1.54, 1.807) is 24.4 Å². The van der Waals surface area contributed by atoms with Gasteiger partial charge in [-0.3, -0.25) is 4.98 Å². The van der Waals surface area contributed by atoms with Crippen LogP contribution in [0, 0.1) is 6.92 Å². The molecule has 5 nitrogen and oxygen atoms in total. The van der Waals surface area contributed by atoms with Crippen molar-refractivity contribution in [3.8, 4) is 11.4 Å². The van der Waals surface area contributed by atoms with Crippen LogP contribution in [0.15, 0.2) is 85.2 Å². The van der Waals surface area contributed by atoms with Crippen LogP contribution >= 0.6 is 23.8 Å². The van der Waals surface area contributed by atoms with Gasteiger partial charge in [0.05, 0.1) is 17.4 Å². The summed E-state index contributed by atoms with van der Waals surface area (Å²) in [6.45, 7) is 2.08. The molecule has 32 heavy (non-hydrogen) atoms. The first kappa shape index (κ1) is 20.5. The summed E-state index contributed by atoms with van der Waals surface area (Å²) in [4.78, 5) is 6.52. The Morgan fingerprint density at radius 3 is 2.69 bits per heavy atom. The Kier molecular flexibility index (Phi) is 5.33. The Balaban J connectivity index is 1.70. The topological polar surface area (TPSA) is 53.3 Å². The molecule has 1 saturated heterocycles. The molecule has 160 valence electrons. The van der Waals surface area contributed by atoms with Crippen LogP contribution in [-0.2, 0) is 0 Å². The SMILES string of the molecule is Cc1cccc(-n2cccc2[C@@H]2[C@H](c3ccccn3)NC(=S)N2c2cc(Cl)ccc2O)c1. The zero-order chi connectivity index (χ0) is 22.2. The van der Waals surface area contributed by atoms with Crippen LogP contribution in [0.5, 0.6) is 5.75 Å². The zero-order valence-electron chi connectivity index (χ0n) is 17.3. The van der Waals surface area contributed by atoms with Gasteiger partial charge in [-0.05, 0) is 79.3 Å². The lowest BCUT2D eigenvalue weighted by atomic mass is 10.0. The maximum atomic E-state index is 10.7. The number of hydrogen-bond acceptors (Lipinski definition) is 3. The van der Waals surface area contributed by atoms with E-state index >= 15 is 0 Å². The first-order valence-electron chi connectivity index (χ1n) is 10.3. The molecule has 2 aromatic heterocycles. The van der Waals surface area contributed by atoms with Crippen molar-refractivity contribution in [1.82, 2.24) is 14.9 Å². The first-order valence-corrected chi connectivity index (χ1v) is 11.0. The van der Waals surface area contributed by atoms with Crippen LogP contribution in [0.2, 0.25) is 5.02 Å². The molecule has 2 aromatic carbocycles. The summed E-state index contributed by atoms with van der Waals surface area (Å²) in [5.41, 5.74) is 4.65. The number of phenols is 1. The van der Waals surface area contributed by atoms with E-state index in [1.165, 1.54) is 5.56 Å². The number of nitrogens with one attached hydrogen (secondary N) is 1. The van der Waals surface area contributed by atoms with Gasteiger partial charge < -0.3 is 19.9 Å². The molecule has 1 fully saturated rings. The minimum Gasteiger partial charge on any atom is -0.506 e. The van der Waals surface area contributed by atoms with E-state index in [2.05, 4.69) is 46.1 Å². The third-order valence-electron chi connectivity index (χ3n) is 5.66. The van der Waals surface area contributed by atoms with Gasteiger partial charge in [-0.25, -0.2) is 0 Å². The number of thiocarbonyl (C=S) groups is 1. The van der Waals surface area contributed by atoms with E-state index in [4.69, 9.17) is 23.8 Å². The number of benzene rings is 2. The van der Waals surface area contributed by atoms with Crippen molar-refractivity contribution < 1.29 is 5.11 Å². The largest absolute Gasteiger partial charge is 0.506 e. The third kappa shape index (κ3) is 3.61. The van der Waals surface area contributed by atoms with Gasteiger partial charge in [0.25, 0.3) is 0 Å². The highest BCUT2D eigenvalue weighted by molar-refractivity contribution is 7.80. The summed E-state index contributed by atoms with van der Waals surface area (Å²) in [5, 5.41) is 15.1. The van der Waals surface area contributed by atoms with Gasteiger partial charge in [0.2, 0.25) is 0 Å². The van der Waals surface area contributed by atoms with E-state index in [0.29, 0.717) is 15.8 Å². The number of rotatable bonds is 4. The molecule has 0 amide bonds. The Morgan fingerprint density at radius 1 is 1.03 bits per heavy atom. The number of phenolic OH excluding ortho intramolecular Hbond substituents is 1. The fourth-order valence-corrected chi connectivity index (χ4v) is 4.76. The summed E-state index contributed by atoms with van der Waals surface area (Å²) in [7, 11) is 0. The molecule has 2 N–H and O–H groups in total. The smallest absolute Gasteiger partial charge is 0.174 e. The van der Waals surface area contributed by atoms with E-state index < -0.39 is 0 Å². The normalized spacial score (nSPS) is 18.1. The summed E-state index contributed by atoms with van der Waals surface area (Å²) >= 11 is 12.1. The lowest BCUT2D eigenvalue weighted by Crippen LogP contribution is -2.30. The molecule has 0 unspecified atom stereocenters. The highest BCUT2D eigenvalue weighted by Crippen LogP contribution is 2.45. The first-order chi connectivity index (χ1) is 15.5. The fourth-order valence-electron chi connectivity index (χ4n) is 4.25. The minimum atomic E-state index is -0.266. The van der Waals surface area contributed by atoms with Crippen molar-refractivity contribution in [2.75, 3.05) is 4.90 Å². The third-order valence-corrected chi connectivity index (χ3v) is 6.21. The Labute approximate surface area is 196 Å². The highest BCUT2D eigenvalue weighted by Gasteiger charge is 2.43. The quantitative estimate of drug-likeness (QED) is 0.381. The zero-order valence-corrected chi connectivity index (χ0v) is 18.9. The number of halogens is 1. The molecule has 1 aliphatic rings. The van der Waals surface area contributed by atoms with E-state index in [1.807, 2.05) is 41.4 Å². The van der Waals surface area contributed by atoms with Gasteiger partial charge in [-0.15, -0.1) is 0 Å². The van der Waals surface area contributed by atoms with E-state index in [-0.39, 0.29) is 17.8 Å². The highest BCUT2D eigenvalue weighted by atomic mass is 35.5.